The van der Waals surface area contributed by atoms with Gasteiger partial charge in [-0.1, -0.05) is 6.92 Å². The van der Waals surface area contributed by atoms with E-state index in [9.17, 15) is 18.0 Å². The third-order valence-corrected chi connectivity index (χ3v) is 3.00. The Labute approximate surface area is 102 Å². The molecule has 6 heteroatoms. The van der Waals surface area contributed by atoms with E-state index in [1.807, 2.05) is 0 Å². The lowest BCUT2D eigenvalue weighted by Gasteiger charge is -2.12. The predicted octanol–water partition coefficient (Wildman–Crippen LogP) is 2.88. The number of nitrogen functional groups attached to an aromatic ring is 1. The van der Waals surface area contributed by atoms with E-state index in [2.05, 4.69) is 5.32 Å². The summed E-state index contributed by atoms with van der Waals surface area (Å²) in [4.78, 5) is 11.2. The lowest BCUT2D eigenvalue weighted by Crippen LogP contribution is -2.13. The van der Waals surface area contributed by atoms with Crippen molar-refractivity contribution >= 4 is 17.3 Å². The van der Waals surface area contributed by atoms with Gasteiger partial charge in [0.05, 0.1) is 17.3 Å². The van der Waals surface area contributed by atoms with Gasteiger partial charge in [-0.2, -0.15) is 0 Å². The van der Waals surface area contributed by atoms with Crippen molar-refractivity contribution in [2.45, 2.75) is 31.6 Å². The van der Waals surface area contributed by atoms with E-state index in [1.54, 1.807) is 6.92 Å². The van der Waals surface area contributed by atoms with Crippen LogP contribution in [0.25, 0.3) is 0 Å². The first kappa shape index (κ1) is 12.7. The Kier molecular flexibility index (Phi) is 2.96. The molecule has 0 bridgehead atoms. The number of alkyl halides is 2. The van der Waals surface area contributed by atoms with Gasteiger partial charge < -0.3 is 11.1 Å². The second-order valence-electron chi connectivity index (χ2n) is 4.34. The van der Waals surface area contributed by atoms with Gasteiger partial charge in [0.15, 0.2) is 0 Å². The van der Waals surface area contributed by atoms with Crippen LogP contribution in [0.4, 0.5) is 24.5 Å². The van der Waals surface area contributed by atoms with Gasteiger partial charge in [-0.25, -0.2) is 13.2 Å². The Morgan fingerprint density at radius 3 is 2.67 bits per heavy atom. The summed E-state index contributed by atoms with van der Waals surface area (Å²) in [6.07, 6.45) is -0.176. The molecule has 1 aromatic rings. The van der Waals surface area contributed by atoms with Gasteiger partial charge in [-0.05, 0) is 12.1 Å². The molecule has 1 atom stereocenters. The zero-order valence-corrected chi connectivity index (χ0v) is 9.77. The lowest BCUT2D eigenvalue weighted by molar-refractivity contribution is -0.115. The lowest BCUT2D eigenvalue weighted by atomic mass is 10.1. The largest absolute Gasteiger partial charge is 0.397 e. The SMILES string of the molecule is CCC(=O)Nc1ccc(F)c([C@@H]2CC2(F)F)c1N. The van der Waals surface area contributed by atoms with Crippen LogP contribution in [-0.4, -0.2) is 11.8 Å². The Bertz CT molecular complexity index is 502. The number of hydrogen-bond acceptors (Lipinski definition) is 2. The highest BCUT2D eigenvalue weighted by molar-refractivity contribution is 5.94. The summed E-state index contributed by atoms with van der Waals surface area (Å²) in [6, 6.07) is 2.33. The maximum Gasteiger partial charge on any atom is 0.256 e. The molecule has 1 fully saturated rings. The molecule has 0 heterocycles. The maximum atomic E-state index is 13.6. The highest BCUT2D eigenvalue weighted by atomic mass is 19.3. The average Bonchev–Trinajstić information content (AvgIpc) is 2.91. The van der Waals surface area contributed by atoms with Crippen molar-refractivity contribution in [3.05, 3.63) is 23.5 Å². The van der Waals surface area contributed by atoms with E-state index >= 15 is 0 Å². The monoisotopic (exact) mass is 258 g/mol. The van der Waals surface area contributed by atoms with Gasteiger partial charge in [0.1, 0.15) is 5.82 Å². The van der Waals surface area contributed by atoms with E-state index in [0.29, 0.717) is 0 Å². The molecule has 18 heavy (non-hydrogen) atoms. The number of hydrogen-bond donors (Lipinski definition) is 2. The first-order valence-corrected chi connectivity index (χ1v) is 5.62. The van der Waals surface area contributed by atoms with Crippen LogP contribution in [0.15, 0.2) is 12.1 Å². The van der Waals surface area contributed by atoms with E-state index in [4.69, 9.17) is 5.73 Å². The van der Waals surface area contributed by atoms with Crippen molar-refractivity contribution in [3.8, 4) is 0 Å². The van der Waals surface area contributed by atoms with Crippen LogP contribution in [-0.2, 0) is 4.79 Å². The molecule has 3 N–H and O–H groups in total. The number of nitrogens with two attached hydrogens (primary N) is 1. The number of carbonyl (C=O) groups is 1. The van der Waals surface area contributed by atoms with Crippen LogP contribution < -0.4 is 11.1 Å². The minimum atomic E-state index is -2.90. The van der Waals surface area contributed by atoms with Gasteiger partial charge in [-0.3, -0.25) is 4.79 Å². The van der Waals surface area contributed by atoms with Crippen LogP contribution in [0, 0.1) is 5.82 Å². The smallest absolute Gasteiger partial charge is 0.256 e. The molecule has 98 valence electrons. The van der Waals surface area contributed by atoms with Gasteiger partial charge in [0, 0.05) is 18.4 Å². The minimum absolute atomic E-state index is 0.112. The van der Waals surface area contributed by atoms with Crippen molar-refractivity contribution in [2.75, 3.05) is 11.1 Å². The van der Waals surface area contributed by atoms with Crippen LogP contribution >= 0.6 is 0 Å². The van der Waals surface area contributed by atoms with E-state index in [-0.39, 0.29) is 29.3 Å². The molecule has 0 aromatic heterocycles. The van der Waals surface area contributed by atoms with Gasteiger partial charge in [0.25, 0.3) is 5.92 Å². The molecule has 1 aromatic carbocycles. The number of nitrogens with one attached hydrogen (secondary N) is 1. The number of rotatable bonds is 3. The summed E-state index contributed by atoms with van der Waals surface area (Å²) in [5.41, 5.74) is 5.53. The summed E-state index contributed by atoms with van der Waals surface area (Å²) in [6.45, 7) is 1.64. The molecule has 3 nitrogen and oxygen atoms in total. The zero-order valence-electron chi connectivity index (χ0n) is 9.77. The molecule has 0 spiro atoms. The zero-order chi connectivity index (χ0) is 13.5. The molecule has 1 amide bonds. The van der Waals surface area contributed by atoms with E-state index < -0.39 is 24.1 Å². The van der Waals surface area contributed by atoms with E-state index in [0.717, 1.165) is 6.07 Å². The normalized spacial score (nSPS) is 20.6. The van der Waals surface area contributed by atoms with Crippen LogP contribution in [0.5, 0.6) is 0 Å². The molecule has 1 saturated carbocycles. The predicted molar refractivity (Wildman–Crippen MR) is 62.0 cm³/mol. The highest BCUT2D eigenvalue weighted by Gasteiger charge is 2.59. The topological polar surface area (TPSA) is 55.1 Å². The summed E-state index contributed by atoms with van der Waals surface area (Å²) >= 11 is 0. The molecule has 0 aliphatic heterocycles. The van der Waals surface area contributed by atoms with Gasteiger partial charge in [-0.15, -0.1) is 0 Å². The Morgan fingerprint density at radius 2 is 2.17 bits per heavy atom. The average molecular weight is 258 g/mol. The minimum Gasteiger partial charge on any atom is -0.397 e. The standard InChI is InChI=1S/C12H13F3N2O/c1-2-9(18)17-8-4-3-7(13)10(11(8)16)6-5-12(6,14)15/h3-4,6H,2,5,16H2,1H3,(H,17,18)/t6-/m0/s1. The fourth-order valence-corrected chi connectivity index (χ4v) is 1.84. The fourth-order valence-electron chi connectivity index (χ4n) is 1.84. The van der Waals surface area contributed by atoms with Crippen molar-refractivity contribution < 1.29 is 18.0 Å². The molecule has 1 aliphatic carbocycles. The molecular formula is C12H13F3N2O. The summed E-state index contributed by atoms with van der Waals surface area (Å²) in [5.74, 6) is -5.15. The first-order chi connectivity index (χ1) is 8.36. The first-order valence-electron chi connectivity index (χ1n) is 5.62. The van der Waals surface area contributed by atoms with Crippen LogP contribution in [0.2, 0.25) is 0 Å². The van der Waals surface area contributed by atoms with Crippen molar-refractivity contribution in [1.29, 1.82) is 0 Å². The van der Waals surface area contributed by atoms with Crippen LogP contribution in [0.3, 0.4) is 0 Å². The van der Waals surface area contributed by atoms with Gasteiger partial charge >= 0.3 is 0 Å². The van der Waals surface area contributed by atoms with Crippen molar-refractivity contribution in [3.63, 3.8) is 0 Å². The number of halogens is 3. The summed E-state index contributed by atoms with van der Waals surface area (Å²) in [7, 11) is 0. The Morgan fingerprint density at radius 1 is 1.56 bits per heavy atom. The van der Waals surface area contributed by atoms with Crippen molar-refractivity contribution in [1.82, 2.24) is 0 Å². The summed E-state index contributed by atoms with van der Waals surface area (Å²) in [5, 5.41) is 2.46. The molecule has 2 rings (SSSR count). The Hall–Kier alpha value is -1.72. The third kappa shape index (κ3) is 2.14. The number of amides is 1. The quantitative estimate of drug-likeness (QED) is 0.819. The second-order valence-corrected chi connectivity index (χ2v) is 4.34. The maximum absolute atomic E-state index is 13.6. The highest BCUT2D eigenvalue weighted by Crippen LogP contribution is 2.58. The third-order valence-electron chi connectivity index (χ3n) is 3.00. The Balaban J connectivity index is 2.35. The van der Waals surface area contributed by atoms with Gasteiger partial charge in [0.2, 0.25) is 5.91 Å². The van der Waals surface area contributed by atoms with Crippen molar-refractivity contribution in [2.24, 2.45) is 0 Å². The molecule has 1 aliphatic rings. The second kappa shape index (κ2) is 4.19. The van der Waals surface area contributed by atoms with E-state index in [1.165, 1.54) is 6.07 Å². The van der Waals surface area contributed by atoms with Crippen LogP contribution in [0.1, 0.15) is 31.2 Å². The summed E-state index contributed by atoms with van der Waals surface area (Å²) < 4.78 is 39.5. The number of carbonyl (C=O) groups excluding carboxylic acids is 1. The number of anilines is 2. The fraction of sp³-hybridized carbons (Fsp3) is 0.417. The molecule has 0 unspecified atom stereocenters. The molecular weight excluding hydrogens is 245 g/mol. The molecule has 0 radical (unpaired) electrons. The molecule has 0 saturated heterocycles. The number of benzene rings is 1.